The third-order valence-electron chi connectivity index (χ3n) is 2.72. The van der Waals surface area contributed by atoms with Crippen LogP contribution in [0.1, 0.15) is 30.5 Å². The molecule has 0 unspecified atom stereocenters. The fourth-order valence-electron chi connectivity index (χ4n) is 1.44. The van der Waals surface area contributed by atoms with Crippen LogP contribution in [0.4, 0.5) is 0 Å². The molecule has 0 N–H and O–H groups in total. The third kappa shape index (κ3) is 3.21. The molecule has 0 saturated heterocycles. The van der Waals surface area contributed by atoms with Crippen LogP contribution in [-0.2, 0) is 4.74 Å². The van der Waals surface area contributed by atoms with Crippen molar-refractivity contribution in [3.05, 3.63) is 41.0 Å². The summed E-state index contributed by atoms with van der Waals surface area (Å²) in [4.78, 5) is 0. The van der Waals surface area contributed by atoms with Gasteiger partial charge in [0, 0.05) is 7.11 Å². The third-order valence-corrected chi connectivity index (χ3v) is 2.72. The maximum absolute atomic E-state index is 5.35. The summed E-state index contributed by atoms with van der Waals surface area (Å²) < 4.78 is 5.35. The van der Waals surface area contributed by atoms with E-state index < -0.39 is 0 Å². The number of hydrogen-bond donors (Lipinski definition) is 0. The van der Waals surface area contributed by atoms with Gasteiger partial charge < -0.3 is 4.74 Å². The monoisotopic (exact) mass is 204 g/mol. The summed E-state index contributed by atoms with van der Waals surface area (Å²) in [5.41, 5.74) is 3.70. The predicted octanol–water partition coefficient (Wildman–Crippen LogP) is 3.74. The molecular weight excluding hydrogens is 184 g/mol. The summed E-state index contributed by atoms with van der Waals surface area (Å²) in [6.45, 7) is 8.37. The van der Waals surface area contributed by atoms with Gasteiger partial charge in [-0.2, -0.15) is 0 Å². The molecule has 0 saturated carbocycles. The highest BCUT2D eigenvalue weighted by Crippen LogP contribution is 2.18. The molecule has 0 bridgehead atoms. The predicted molar refractivity (Wildman–Crippen MR) is 66.0 cm³/mol. The van der Waals surface area contributed by atoms with E-state index in [1.165, 1.54) is 16.7 Å². The minimum atomic E-state index is -0.200. The highest BCUT2D eigenvalue weighted by Gasteiger charge is 2.11. The van der Waals surface area contributed by atoms with Gasteiger partial charge in [-0.25, -0.2) is 0 Å². The molecule has 15 heavy (non-hydrogen) atoms. The van der Waals surface area contributed by atoms with Gasteiger partial charge in [-0.3, -0.25) is 0 Å². The Kier molecular flexibility index (Phi) is 3.70. The van der Waals surface area contributed by atoms with E-state index in [1.807, 2.05) is 0 Å². The first-order valence-electron chi connectivity index (χ1n) is 5.27. The lowest BCUT2D eigenvalue weighted by atomic mass is 10.00. The molecule has 0 spiro atoms. The van der Waals surface area contributed by atoms with Crippen molar-refractivity contribution >= 4 is 6.08 Å². The Hall–Kier alpha value is -1.08. The fraction of sp³-hybridized carbons (Fsp3) is 0.429. The Labute approximate surface area is 92.8 Å². The summed E-state index contributed by atoms with van der Waals surface area (Å²) in [5.74, 6) is 0. The largest absolute Gasteiger partial charge is 0.375 e. The van der Waals surface area contributed by atoms with Crippen molar-refractivity contribution in [2.45, 2.75) is 33.3 Å². The highest BCUT2D eigenvalue weighted by molar-refractivity contribution is 5.58. The Bertz CT molecular complexity index is 341. The first kappa shape index (κ1) is 12.0. The lowest BCUT2D eigenvalue weighted by Gasteiger charge is -2.18. The first-order valence-corrected chi connectivity index (χ1v) is 5.27. The molecule has 0 atom stereocenters. The maximum Gasteiger partial charge on any atom is 0.0805 e. The number of ether oxygens (including phenoxy) is 1. The minimum absolute atomic E-state index is 0.200. The summed E-state index contributed by atoms with van der Waals surface area (Å²) >= 11 is 0. The smallest absolute Gasteiger partial charge is 0.0805 e. The quantitative estimate of drug-likeness (QED) is 0.728. The second kappa shape index (κ2) is 4.63. The summed E-state index contributed by atoms with van der Waals surface area (Å²) in [5, 5.41) is 0. The molecule has 1 aromatic rings. The molecule has 0 aliphatic carbocycles. The lowest BCUT2D eigenvalue weighted by molar-refractivity contribution is 0.0663. The molecule has 1 nitrogen and oxygen atoms in total. The topological polar surface area (TPSA) is 9.23 Å². The average Bonchev–Trinajstić information content (AvgIpc) is 2.17. The van der Waals surface area contributed by atoms with Gasteiger partial charge in [-0.1, -0.05) is 30.4 Å². The molecule has 0 aliphatic heterocycles. The van der Waals surface area contributed by atoms with E-state index in [4.69, 9.17) is 4.74 Å². The van der Waals surface area contributed by atoms with E-state index in [-0.39, 0.29) is 5.60 Å². The van der Waals surface area contributed by atoms with Crippen LogP contribution in [0, 0.1) is 13.8 Å². The molecule has 1 aromatic carbocycles. The number of rotatable bonds is 3. The SMILES string of the molecule is COC(C)(C)/C=C\c1c(C)cccc1C. The Morgan fingerprint density at radius 3 is 2.13 bits per heavy atom. The average molecular weight is 204 g/mol. The zero-order valence-electron chi connectivity index (χ0n) is 10.3. The second-order valence-electron chi connectivity index (χ2n) is 4.45. The fourth-order valence-corrected chi connectivity index (χ4v) is 1.44. The maximum atomic E-state index is 5.35. The van der Waals surface area contributed by atoms with Crippen LogP contribution in [0.15, 0.2) is 24.3 Å². The zero-order valence-corrected chi connectivity index (χ0v) is 10.3. The van der Waals surface area contributed by atoms with Gasteiger partial charge in [0.15, 0.2) is 0 Å². The molecule has 1 heteroatoms. The zero-order chi connectivity index (χ0) is 11.5. The molecule has 0 amide bonds. The minimum Gasteiger partial charge on any atom is -0.375 e. The van der Waals surface area contributed by atoms with Crippen LogP contribution in [0.2, 0.25) is 0 Å². The number of aryl methyl sites for hydroxylation is 2. The number of hydrogen-bond acceptors (Lipinski definition) is 1. The summed E-state index contributed by atoms with van der Waals surface area (Å²) in [6, 6.07) is 6.35. The van der Waals surface area contributed by atoms with Gasteiger partial charge in [0.2, 0.25) is 0 Å². The van der Waals surface area contributed by atoms with Crippen molar-refractivity contribution < 1.29 is 4.74 Å². The van der Waals surface area contributed by atoms with Gasteiger partial charge in [0.1, 0.15) is 0 Å². The molecule has 1 rings (SSSR count). The first-order chi connectivity index (χ1) is 6.96. The number of benzene rings is 1. The van der Waals surface area contributed by atoms with Gasteiger partial charge >= 0.3 is 0 Å². The van der Waals surface area contributed by atoms with Crippen molar-refractivity contribution in [2.75, 3.05) is 7.11 Å². The van der Waals surface area contributed by atoms with E-state index in [0.717, 1.165) is 0 Å². The lowest BCUT2D eigenvalue weighted by Crippen LogP contribution is -2.18. The van der Waals surface area contributed by atoms with Crippen molar-refractivity contribution in [2.24, 2.45) is 0 Å². The van der Waals surface area contributed by atoms with Crippen LogP contribution in [0.25, 0.3) is 6.08 Å². The van der Waals surface area contributed by atoms with E-state index in [2.05, 4.69) is 58.0 Å². The van der Waals surface area contributed by atoms with E-state index in [0.29, 0.717) is 0 Å². The van der Waals surface area contributed by atoms with Crippen molar-refractivity contribution in [1.82, 2.24) is 0 Å². The standard InChI is InChI=1S/C14H20O/c1-11-7-6-8-12(2)13(11)9-10-14(3,4)15-5/h6-10H,1-5H3/b10-9-. The number of methoxy groups -OCH3 is 1. The Balaban J connectivity index is 2.99. The highest BCUT2D eigenvalue weighted by atomic mass is 16.5. The van der Waals surface area contributed by atoms with Gasteiger partial charge in [-0.05, 0) is 44.4 Å². The summed E-state index contributed by atoms with van der Waals surface area (Å²) in [7, 11) is 1.73. The van der Waals surface area contributed by atoms with Gasteiger partial charge in [0.05, 0.1) is 5.60 Å². The summed E-state index contributed by atoms with van der Waals surface area (Å²) in [6.07, 6.45) is 4.25. The van der Waals surface area contributed by atoms with Crippen LogP contribution in [0.3, 0.4) is 0 Å². The second-order valence-corrected chi connectivity index (χ2v) is 4.45. The molecule has 0 radical (unpaired) electrons. The van der Waals surface area contributed by atoms with E-state index in [9.17, 15) is 0 Å². The molecule has 82 valence electrons. The Morgan fingerprint density at radius 1 is 1.13 bits per heavy atom. The van der Waals surface area contributed by atoms with Gasteiger partial charge in [0.25, 0.3) is 0 Å². The van der Waals surface area contributed by atoms with E-state index in [1.54, 1.807) is 7.11 Å². The molecular formula is C14H20O. The molecule has 0 heterocycles. The molecule has 0 aliphatic rings. The molecule has 0 fully saturated rings. The van der Waals surface area contributed by atoms with Crippen molar-refractivity contribution in [3.8, 4) is 0 Å². The van der Waals surface area contributed by atoms with Crippen LogP contribution >= 0.6 is 0 Å². The van der Waals surface area contributed by atoms with Crippen molar-refractivity contribution in [1.29, 1.82) is 0 Å². The van der Waals surface area contributed by atoms with Crippen molar-refractivity contribution in [3.63, 3.8) is 0 Å². The Morgan fingerprint density at radius 2 is 1.67 bits per heavy atom. The van der Waals surface area contributed by atoms with Crippen LogP contribution < -0.4 is 0 Å². The van der Waals surface area contributed by atoms with E-state index >= 15 is 0 Å². The van der Waals surface area contributed by atoms with Gasteiger partial charge in [-0.15, -0.1) is 0 Å². The van der Waals surface area contributed by atoms with Crippen LogP contribution in [-0.4, -0.2) is 12.7 Å². The van der Waals surface area contributed by atoms with Crippen LogP contribution in [0.5, 0.6) is 0 Å². The molecule has 0 aromatic heterocycles. The normalized spacial score (nSPS) is 12.3.